The van der Waals surface area contributed by atoms with Crippen LogP contribution >= 0.6 is 11.8 Å². The van der Waals surface area contributed by atoms with Crippen LogP contribution in [0.3, 0.4) is 0 Å². The van der Waals surface area contributed by atoms with Crippen molar-refractivity contribution in [3.63, 3.8) is 0 Å². The number of ether oxygens (including phenoxy) is 1. The van der Waals surface area contributed by atoms with E-state index in [9.17, 15) is 10.2 Å². The molecule has 0 aromatic heterocycles. The standard InChI is InChI=1S/C8H12O3S/c9-7-3-1-5-8(10)4(11-3)2-6(7)12-5/h3-10H,1-2H2/t3-,4-,5-,6-,7+,8+/m1/s1. The molecule has 6 atom stereocenters. The molecule has 0 spiro atoms. The Labute approximate surface area is 75.1 Å². The van der Waals surface area contributed by atoms with Gasteiger partial charge in [0.1, 0.15) is 0 Å². The minimum Gasteiger partial charge on any atom is -0.389 e. The van der Waals surface area contributed by atoms with Gasteiger partial charge >= 0.3 is 0 Å². The third-order valence-corrected chi connectivity index (χ3v) is 4.79. The second-order valence-electron chi connectivity index (χ2n) is 3.88. The molecule has 4 aliphatic heterocycles. The summed E-state index contributed by atoms with van der Waals surface area (Å²) in [5.41, 5.74) is 0. The lowest BCUT2D eigenvalue weighted by atomic mass is 9.86. The predicted octanol–water partition coefficient (Wildman–Crippen LogP) is -0.247. The maximum atomic E-state index is 9.69. The summed E-state index contributed by atoms with van der Waals surface area (Å²) >= 11 is 1.74. The van der Waals surface area contributed by atoms with Crippen LogP contribution in [0.15, 0.2) is 0 Å². The largest absolute Gasteiger partial charge is 0.389 e. The summed E-state index contributed by atoms with van der Waals surface area (Å²) in [4.78, 5) is 0. The lowest BCUT2D eigenvalue weighted by Gasteiger charge is -2.53. The van der Waals surface area contributed by atoms with Gasteiger partial charge in [-0.15, -0.1) is 11.8 Å². The zero-order valence-corrected chi connectivity index (χ0v) is 7.41. The molecule has 12 heavy (non-hydrogen) atoms. The maximum Gasteiger partial charge on any atom is 0.0921 e. The Bertz CT molecular complexity index is 160. The second-order valence-corrected chi connectivity index (χ2v) is 5.36. The summed E-state index contributed by atoms with van der Waals surface area (Å²) in [6.07, 6.45) is 1.05. The highest BCUT2D eigenvalue weighted by Gasteiger charge is 2.53. The first-order chi connectivity index (χ1) is 5.75. The summed E-state index contributed by atoms with van der Waals surface area (Å²) in [6, 6.07) is 0. The number of aliphatic hydroxyl groups is 2. The Morgan fingerprint density at radius 1 is 1.00 bits per heavy atom. The van der Waals surface area contributed by atoms with E-state index in [1.165, 1.54) is 0 Å². The van der Waals surface area contributed by atoms with Gasteiger partial charge in [-0.1, -0.05) is 0 Å². The van der Waals surface area contributed by atoms with Crippen LogP contribution in [0.2, 0.25) is 0 Å². The number of hydrogen-bond donors (Lipinski definition) is 2. The van der Waals surface area contributed by atoms with E-state index in [4.69, 9.17) is 4.74 Å². The lowest BCUT2D eigenvalue weighted by Crippen LogP contribution is -2.63. The first kappa shape index (κ1) is 7.62. The van der Waals surface area contributed by atoms with Gasteiger partial charge in [-0.25, -0.2) is 0 Å². The molecule has 68 valence electrons. The summed E-state index contributed by atoms with van der Waals surface area (Å²) in [5.74, 6) is 0. The monoisotopic (exact) mass is 188 g/mol. The smallest absolute Gasteiger partial charge is 0.0921 e. The van der Waals surface area contributed by atoms with Crippen molar-refractivity contribution >= 4 is 11.8 Å². The summed E-state index contributed by atoms with van der Waals surface area (Å²) in [7, 11) is 0. The molecular formula is C8H12O3S. The maximum absolute atomic E-state index is 9.69. The van der Waals surface area contributed by atoms with Gasteiger partial charge in [-0.2, -0.15) is 0 Å². The van der Waals surface area contributed by atoms with Crippen molar-refractivity contribution in [3.05, 3.63) is 0 Å². The fraction of sp³-hybridized carbons (Fsp3) is 1.00. The van der Waals surface area contributed by atoms with Gasteiger partial charge in [0, 0.05) is 10.5 Å². The number of thioether (sulfide) groups is 1. The van der Waals surface area contributed by atoms with Crippen molar-refractivity contribution in [3.8, 4) is 0 Å². The molecule has 0 saturated carbocycles. The molecule has 3 nitrogen and oxygen atoms in total. The van der Waals surface area contributed by atoms with E-state index in [-0.39, 0.29) is 24.4 Å². The first-order valence-electron chi connectivity index (χ1n) is 4.43. The Morgan fingerprint density at radius 3 is 1.92 bits per heavy atom. The first-order valence-corrected chi connectivity index (χ1v) is 5.37. The molecule has 0 aliphatic carbocycles. The average Bonchev–Trinajstić information content (AvgIpc) is 2.02. The Morgan fingerprint density at radius 2 is 1.50 bits per heavy atom. The average molecular weight is 188 g/mol. The Kier molecular flexibility index (Phi) is 1.51. The molecule has 4 rings (SSSR count). The highest BCUT2D eigenvalue weighted by atomic mass is 32.2. The van der Waals surface area contributed by atoms with Gasteiger partial charge < -0.3 is 14.9 Å². The molecule has 4 heteroatoms. The molecule has 4 bridgehead atoms. The number of hydrogen-bond acceptors (Lipinski definition) is 4. The van der Waals surface area contributed by atoms with Crippen molar-refractivity contribution in [2.24, 2.45) is 0 Å². The van der Waals surface area contributed by atoms with E-state index in [0.29, 0.717) is 10.5 Å². The van der Waals surface area contributed by atoms with Crippen LogP contribution in [0.25, 0.3) is 0 Å². The van der Waals surface area contributed by atoms with Crippen LogP contribution in [0.1, 0.15) is 12.8 Å². The van der Waals surface area contributed by atoms with E-state index < -0.39 is 0 Å². The van der Waals surface area contributed by atoms with Crippen molar-refractivity contribution < 1.29 is 14.9 Å². The Hall–Kier alpha value is 0.230. The van der Waals surface area contributed by atoms with Gasteiger partial charge in [0.2, 0.25) is 0 Å². The topological polar surface area (TPSA) is 49.7 Å². The highest BCUT2D eigenvalue weighted by molar-refractivity contribution is 8.00. The molecule has 4 saturated heterocycles. The van der Waals surface area contributed by atoms with Gasteiger partial charge in [0.15, 0.2) is 0 Å². The van der Waals surface area contributed by atoms with Crippen LogP contribution in [0, 0.1) is 0 Å². The van der Waals surface area contributed by atoms with Crippen molar-refractivity contribution in [1.82, 2.24) is 0 Å². The second kappa shape index (κ2) is 2.38. The minimum atomic E-state index is -0.296. The summed E-state index contributed by atoms with van der Waals surface area (Å²) < 4.78 is 5.53. The zero-order chi connectivity index (χ0) is 8.29. The van der Waals surface area contributed by atoms with Crippen LogP contribution in [0.5, 0.6) is 0 Å². The van der Waals surface area contributed by atoms with E-state index in [0.717, 1.165) is 12.8 Å². The van der Waals surface area contributed by atoms with E-state index >= 15 is 0 Å². The third-order valence-electron chi connectivity index (χ3n) is 3.15. The van der Waals surface area contributed by atoms with Gasteiger partial charge in [0.25, 0.3) is 0 Å². The molecule has 0 amide bonds. The molecule has 0 aromatic rings. The molecule has 0 radical (unpaired) electrons. The van der Waals surface area contributed by atoms with Crippen molar-refractivity contribution in [2.45, 2.75) is 47.8 Å². The van der Waals surface area contributed by atoms with Crippen molar-refractivity contribution in [2.75, 3.05) is 0 Å². The Balaban J connectivity index is 1.91. The molecule has 0 aromatic carbocycles. The third kappa shape index (κ3) is 0.839. The molecule has 4 aliphatic rings. The van der Waals surface area contributed by atoms with Gasteiger partial charge in [-0.3, -0.25) is 0 Å². The number of aliphatic hydroxyl groups excluding tert-OH is 2. The SMILES string of the molecule is O[C@H]1[C@H]2C[C@H]3S[C@@H]1C[C@@H](O2)[C@@H]3O. The number of rotatable bonds is 0. The van der Waals surface area contributed by atoms with E-state index in [1.807, 2.05) is 0 Å². The summed E-state index contributed by atoms with van der Waals surface area (Å²) in [5, 5.41) is 20.0. The fourth-order valence-corrected chi connectivity index (χ4v) is 4.21. The van der Waals surface area contributed by atoms with E-state index in [1.54, 1.807) is 11.8 Å². The zero-order valence-electron chi connectivity index (χ0n) is 6.59. The minimum absolute atomic E-state index is 0.00315. The van der Waals surface area contributed by atoms with Gasteiger partial charge in [-0.05, 0) is 12.8 Å². The molecule has 4 fully saturated rings. The quantitative estimate of drug-likeness (QED) is 0.550. The predicted molar refractivity (Wildman–Crippen MR) is 45.1 cm³/mol. The van der Waals surface area contributed by atoms with Crippen LogP contribution in [-0.4, -0.2) is 45.1 Å². The van der Waals surface area contributed by atoms with Crippen molar-refractivity contribution in [1.29, 1.82) is 0 Å². The normalized spacial score (nSPS) is 62.5. The molecule has 2 N–H and O–H groups in total. The lowest BCUT2D eigenvalue weighted by molar-refractivity contribution is -0.184. The summed E-state index contributed by atoms with van der Waals surface area (Å²) in [6.45, 7) is 0. The van der Waals surface area contributed by atoms with Gasteiger partial charge in [0.05, 0.1) is 24.4 Å². The van der Waals surface area contributed by atoms with Crippen LogP contribution in [-0.2, 0) is 4.74 Å². The van der Waals surface area contributed by atoms with Crippen LogP contribution < -0.4 is 0 Å². The molecular weight excluding hydrogens is 176 g/mol. The highest BCUT2D eigenvalue weighted by Crippen LogP contribution is 2.48. The van der Waals surface area contributed by atoms with E-state index in [2.05, 4.69) is 0 Å². The molecule has 0 unspecified atom stereocenters. The van der Waals surface area contributed by atoms with Crippen LogP contribution in [0.4, 0.5) is 0 Å². The molecule has 4 heterocycles. The fourth-order valence-electron chi connectivity index (χ4n) is 2.49.